The molecule has 3 heteroatoms. The van der Waals surface area contributed by atoms with Crippen LogP contribution in [0.4, 0.5) is 0 Å². The van der Waals surface area contributed by atoms with Gasteiger partial charge in [-0.25, -0.2) is 0 Å². The lowest BCUT2D eigenvalue weighted by Gasteiger charge is -2.08. The lowest BCUT2D eigenvalue weighted by Crippen LogP contribution is -2.21. The maximum Gasteiger partial charge on any atom is 0.316 e. The van der Waals surface area contributed by atoms with Crippen LogP contribution in [-0.2, 0) is 14.3 Å². The van der Waals surface area contributed by atoms with Crippen LogP contribution in [0.1, 0.15) is 111 Å². The standard InChI is InChI=1S/C21H40O3/c1-4-5-6-7-8-9-10-11-12-13-14-15-16-17-18-24-21(23)19(2)20(3)22/h19H,4-18H2,1-3H3. The fourth-order valence-electron chi connectivity index (χ4n) is 2.76. The number of ether oxygens (including phenoxy) is 1. The highest BCUT2D eigenvalue weighted by molar-refractivity contribution is 5.97. The Kier molecular flexibility index (Phi) is 16.4. The molecule has 1 unspecified atom stereocenters. The molecule has 0 spiro atoms. The van der Waals surface area contributed by atoms with Gasteiger partial charge >= 0.3 is 5.97 Å². The molecule has 0 radical (unpaired) electrons. The van der Waals surface area contributed by atoms with Crippen molar-refractivity contribution in [3.8, 4) is 0 Å². The van der Waals surface area contributed by atoms with E-state index in [4.69, 9.17) is 4.74 Å². The molecule has 3 nitrogen and oxygen atoms in total. The molecule has 142 valence electrons. The average Bonchev–Trinajstić information content (AvgIpc) is 2.57. The van der Waals surface area contributed by atoms with Crippen molar-refractivity contribution in [3.05, 3.63) is 0 Å². The number of hydrogen-bond acceptors (Lipinski definition) is 3. The summed E-state index contributed by atoms with van der Waals surface area (Å²) in [4.78, 5) is 22.5. The van der Waals surface area contributed by atoms with Gasteiger partial charge in [-0.15, -0.1) is 0 Å². The third-order valence-corrected chi connectivity index (χ3v) is 4.71. The topological polar surface area (TPSA) is 43.4 Å². The second kappa shape index (κ2) is 17.0. The Morgan fingerprint density at radius 2 is 1.08 bits per heavy atom. The Labute approximate surface area is 149 Å². The molecule has 0 saturated carbocycles. The van der Waals surface area contributed by atoms with E-state index in [0.29, 0.717) is 6.61 Å². The number of Topliss-reactive ketones (excluding diaryl/α,β-unsaturated/α-hetero) is 1. The smallest absolute Gasteiger partial charge is 0.316 e. The molecule has 0 aromatic rings. The third kappa shape index (κ3) is 14.7. The molecular weight excluding hydrogens is 300 g/mol. The van der Waals surface area contributed by atoms with Crippen molar-refractivity contribution in [3.63, 3.8) is 0 Å². The van der Waals surface area contributed by atoms with Crippen LogP contribution >= 0.6 is 0 Å². The van der Waals surface area contributed by atoms with Crippen LogP contribution in [0.5, 0.6) is 0 Å². The summed E-state index contributed by atoms with van der Waals surface area (Å²) in [6.45, 7) is 5.75. The summed E-state index contributed by atoms with van der Waals surface area (Å²) in [6.07, 6.45) is 18.4. The number of carbonyl (C=O) groups excluding carboxylic acids is 2. The van der Waals surface area contributed by atoms with Crippen LogP contribution in [-0.4, -0.2) is 18.4 Å². The van der Waals surface area contributed by atoms with Crippen LogP contribution in [0.25, 0.3) is 0 Å². The van der Waals surface area contributed by atoms with E-state index < -0.39 is 5.92 Å². The molecule has 0 bridgehead atoms. The summed E-state index contributed by atoms with van der Waals surface area (Å²) in [5, 5.41) is 0. The van der Waals surface area contributed by atoms with E-state index in [2.05, 4.69) is 6.92 Å². The summed E-state index contributed by atoms with van der Waals surface area (Å²) in [5.74, 6) is -1.12. The maximum absolute atomic E-state index is 11.5. The Bertz CT molecular complexity index is 312. The first-order valence-electron chi connectivity index (χ1n) is 10.3. The minimum Gasteiger partial charge on any atom is -0.465 e. The molecule has 0 aliphatic rings. The minimum atomic E-state index is -0.614. The second-order valence-corrected chi connectivity index (χ2v) is 7.10. The van der Waals surface area contributed by atoms with Crippen LogP contribution in [0.15, 0.2) is 0 Å². The summed E-state index contributed by atoms with van der Waals surface area (Å²) >= 11 is 0. The summed E-state index contributed by atoms with van der Waals surface area (Å²) in [5.41, 5.74) is 0. The summed E-state index contributed by atoms with van der Waals surface area (Å²) < 4.78 is 5.11. The van der Waals surface area contributed by atoms with Gasteiger partial charge in [0.1, 0.15) is 11.7 Å². The van der Waals surface area contributed by atoms with Crippen LogP contribution in [0.2, 0.25) is 0 Å². The third-order valence-electron chi connectivity index (χ3n) is 4.71. The molecule has 0 aromatic carbocycles. The number of rotatable bonds is 17. The Morgan fingerprint density at radius 1 is 0.708 bits per heavy atom. The van der Waals surface area contributed by atoms with Gasteiger partial charge in [-0.05, 0) is 20.3 Å². The van der Waals surface area contributed by atoms with E-state index in [-0.39, 0.29) is 11.8 Å². The molecule has 0 saturated heterocycles. The van der Waals surface area contributed by atoms with E-state index in [9.17, 15) is 9.59 Å². The van der Waals surface area contributed by atoms with Gasteiger partial charge in [0.15, 0.2) is 0 Å². The van der Waals surface area contributed by atoms with Crippen molar-refractivity contribution in [2.45, 2.75) is 111 Å². The van der Waals surface area contributed by atoms with Crippen molar-refractivity contribution >= 4 is 11.8 Å². The highest BCUT2D eigenvalue weighted by Gasteiger charge is 2.18. The van der Waals surface area contributed by atoms with Crippen LogP contribution in [0.3, 0.4) is 0 Å². The van der Waals surface area contributed by atoms with Crippen LogP contribution in [0, 0.1) is 5.92 Å². The zero-order chi connectivity index (χ0) is 18.0. The molecular formula is C21H40O3. The average molecular weight is 341 g/mol. The van der Waals surface area contributed by atoms with E-state index >= 15 is 0 Å². The zero-order valence-electron chi connectivity index (χ0n) is 16.4. The lowest BCUT2D eigenvalue weighted by atomic mass is 10.0. The van der Waals surface area contributed by atoms with Gasteiger partial charge in [0, 0.05) is 0 Å². The number of esters is 1. The SMILES string of the molecule is CCCCCCCCCCCCCCCCOC(=O)C(C)C(C)=O. The first kappa shape index (κ1) is 23.1. The van der Waals surface area contributed by atoms with Gasteiger partial charge in [-0.1, -0.05) is 90.4 Å². The van der Waals surface area contributed by atoms with Crippen molar-refractivity contribution in [2.24, 2.45) is 5.92 Å². The van der Waals surface area contributed by atoms with E-state index in [0.717, 1.165) is 12.8 Å². The van der Waals surface area contributed by atoms with E-state index in [1.165, 1.54) is 84.0 Å². The number of ketones is 1. The quantitative estimate of drug-likeness (QED) is 0.179. The second-order valence-electron chi connectivity index (χ2n) is 7.10. The van der Waals surface area contributed by atoms with Gasteiger partial charge < -0.3 is 4.74 Å². The molecule has 0 fully saturated rings. The first-order chi connectivity index (χ1) is 11.6. The van der Waals surface area contributed by atoms with Gasteiger partial charge in [0.2, 0.25) is 0 Å². The first-order valence-corrected chi connectivity index (χ1v) is 10.3. The molecule has 1 atom stereocenters. The molecule has 0 aromatic heterocycles. The van der Waals surface area contributed by atoms with Gasteiger partial charge in [-0.2, -0.15) is 0 Å². The largest absolute Gasteiger partial charge is 0.465 e. The lowest BCUT2D eigenvalue weighted by molar-refractivity contribution is -0.150. The Balaban J connectivity index is 3.18. The predicted octanol–water partition coefficient (Wildman–Crippen LogP) is 6.24. The Morgan fingerprint density at radius 3 is 1.46 bits per heavy atom. The zero-order valence-corrected chi connectivity index (χ0v) is 16.4. The van der Waals surface area contributed by atoms with E-state index in [1.54, 1.807) is 6.92 Å². The molecule has 0 aliphatic heterocycles. The Hall–Kier alpha value is -0.860. The molecule has 0 aliphatic carbocycles. The normalized spacial score (nSPS) is 12.1. The highest BCUT2D eigenvalue weighted by Crippen LogP contribution is 2.13. The fraction of sp³-hybridized carbons (Fsp3) is 0.905. The number of unbranched alkanes of at least 4 members (excludes halogenated alkanes) is 13. The molecule has 24 heavy (non-hydrogen) atoms. The monoisotopic (exact) mass is 340 g/mol. The van der Waals surface area contributed by atoms with Crippen LogP contribution < -0.4 is 0 Å². The molecule has 0 amide bonds. The molecule has 0 N–H and O–H groups in total. The number of carbonyl (C=O) groups is 2. The minimum absolute atomic E-state index is 0.124. The van der Waals surface area contributed by atoms with Gasteiger partial charge in [0.05, 0.1) is 6.61 Å². The van der Waals surface area contributed by atoms with Crippen molar-refractivity contribution in [2.75, 3.05) is 6.61 Å². The number of hydrogen-bond donors (Lipinski definition) is 0. The molecule has 0 heterocycles. The van der Waals surface area contributed by atoms with Crippen molar-refractivity contribution in [1.82, 2.24) is 0 Å². The maximum atomic E-state index is 11.5. The summed E-state index contributed by atoms with van der Waals surface area (Å²) in [7, 11) is 0. The van der Waals surface area contributed by atoms with Gasteiger partial charge in [0.25, 0.3) is 0 Å². The van der Waals surface area contributed by atoms with E-state index in [1.807, 2.05) is 0 Å². The van der Waals surface area contributed by atoms with Crippen molar-refractivity contribution in [1.29, 1.82) is 0 Å². The highest BCUT2D eigenvalue weighted by atomic mass is 16.5. The van der Waals surface area contributed by atoms with Crippen molar-refractivity contribution < 1.29 is 14.3 Å². The van der Waals surface area contributed by atoms with Gasteiger partial charge in [-0.3, -0.25) is 9.59 Å². The molecule has 0 rings (SSSR count). The predicted molar refractivity (Wildman–Crippen MR) is 101 cm³/mol. The summed E-state index contributed by atoms with van der Waals surface area (Å²) in [6, 6.07) is 0. The fourth-order valence-corrected chi connectivity index (χ4v) is 2.76.